The molecule has 30 heavy (non-hydrogen) atoms. The Morgan fingerprint density at radius 2 is 2.13 bits per heavy atom. The first kappa shape index (κ1) is 17.5. The Morgan fingerprint density at radius 1 is 1.23 bits per heavy atom. The van der Waals surface area contributed by atoms with Crippen LogP contribution in [0.15, 0.2) is 43.0 Å². The maximum absolute atomic E-state index is 13.5. The largest absolute Gasteiger partial charge is 0.487 e. The van der Waals surface area contributed by atoms with E-state index in [4.69, 9.17) is 22.1 Å². The Hall–Kier alpha value is -3.39. The molecule has 5 heterocycles. The number of halogens is 1. The first-order chi connectivity index (χ1) is 14.6. The summed E-state index contributed by atoms with van der Waals surface area (Å²) in [6.07, 6.45) is 6.58. The van der Waals surface area contributed by atoms with Gasteiger partial charge in [-0.05, 0) is 31.0 Å². The summed E-state index contributed by atoms with van der Waals surface area (Å²) in [6.45, 7) is 0.644. The molecule has 2 N–H and O–H groups in total. The minimum absolute atomic E-state index is 0.0709. The molecule has 2 aliphatic heterocycles. The lowest BCUT2D eigenvalue weighted by molar-refractivity contribution is 0.0360. The van der Waals surface area contributed by atoms with Crippen molar-refractivity contribution in [3.63, 3.8) is 0 Å². The summed E-state index contributed by atoms with van der Waals surface area (Å²) in [5, 5.41) is 0.623. The van der Waals surface area contributed by atoms with E-state index in [1.54, 1.807) is 24.8 Å². The van der Waals surface area contributed by atoms with Gasteiger partial charge in [-0.3, -0.25) is 9.20 Å². The van der Waals surface area contributed by atoms with Gasteiger partial charge in [0, 0.05) is 17.1 Å². The van der Waals surface area contributed by atoms with Gasteiger partial charge in [-0.2, -0.15) is 0 Å². The molecule has 0 saturated carbocycles. The fraction of sp³-hybridized carbons (Fsp3) is 0.238. The Bertz CT molecular complexity index is 1340. The molecule has 150 valence electrons. The maximum atomic E-state index is 13.5. The number of carbonyl (C=O) groups is 1. The van der Waals surface area contributed by atoms with Crippen molar-refractivity contribution in [2.45, 2.75) is 25.0 Å². The van der Waals surface area contributed by atoms with Crippen molar-refractivity contribution in [1.82, 2.24) is 24.3 Å². The SMILES string of the molecule is Nc1nc2cnc(C(=O)N3CCC[C@@H]4Oc5cc(Cl)ccc5[C@@H]43)cc2n2cncc12. The number of carbonyl (C=O) groups excluding carboxylic acids is 1. The summed E-state index contributed by atoms with van der Waals surface area (Å²) in [6, 6.07) is 7.21. The van der Waals surface area contributed by atoms with Gasteiger partial charge in [-0.1, -0.05) is 17.7 Å². The molecule has 0 unspecified atom stereocenters. The van der Waals surface area contributed by atoms with Gasteiger partial charge in [0.2, 0.25) is 0 Å². The van der Waals surface area contributed by atoms with E-state index in [1.165, 1.54) is 0 Å². The number of anilines is 1. The van der Waals surface area contributed by atoms with Crippen molar-refractivity contribution >= 4 is 39.9 Å². The van der Waals surface area contributed by atoms with Crippen LogP contribution in [0, 0.1) is 0 Å². The van der Waals surface area contributed by atoms with Gasteiger partial charge >= 0.3 is 0 Å². The number of piperidine rings is 1. The lowest BCUT2D eigenvalue weighted by Crippen LogP contribution is -2.44. The van der Waals surface area contributed by atoms with E-state index < -0.39 is 0 Å². The number of rotatable bonds is 1. The van der Waals surface area contributed by atoms with Crippen molar-refractivity contribution in [2.75, 3.05) is 12.3 Å². The Labute approximate surface area is 176 Å². The molecule has 4 aromatic rings. The highest BCUT2D eigenvalue weighted by atomic mass is 35.5. The fourth-order valence-electron chi connectivity index (χ4n) is 4.54. The normalized spacial score (nSPS) is 20.2. The average Bonchev–Trinajstić information content (AvgIpc) is 3.38. The molecule has 8 nitrogen and oxygen atoms in total. The molecule has 0 radical (unpaired) electrons. The summed E-state index contributed by atoms with van der Waals surface area (Å²) in [5.41, 5.74) is 9.38. The molecule has 6 rings (SSSR count). The molecule has 0 aliphatic carbocycles. The third kappa shape index (κ3) is 2.46. The van der Waals surface area contributed by atoms with Gasteiger partial charge < -0.3 is 15.4 Å². The zero-order valence-corrected chi connectivity index (χ0v) is 16.6. The highest BCUT2D eigenvalue weighted by Crippen LogP contribution is 2.45. The Balaban J connectivity index is 1.43. The first-order valence-corrected chi connectivity index (χ1v) is 10.1. The quantitative estimate of drug-likeness (QED) is 0.507. The summed E-state index contributed by atoms with van der Waals surface area (Å²) < 4.78 is 7.93. The van der Waals surface area contributed by atoms with Crippen LogP contribution in [-0.2, 0) is 0 Å². The number of nitrogens with zero attached hydrogens (tertiary/aromatic N) is 5. The van der Waals surface area contributed by atoms with Crippen LogP contribution in [-0.4, -0.2) is 42.8 Å². The van der Waals surface area contributed by atoms with Crippen LogP contribution in [0.3, 0.4) is 0 Å². The summed E-state index contributed by atoms with van der Waals surface area (Å²) in [7, 11) is 0. The van der Waals surface area contributed by atoms with Crippen LogP contribution >= 0.6 is 11.6 Å². The smallest absolute Gasteiger partial charge is 0.273 e. The average molecular weight is 421 g/mol. The Kier molecular flexibility index (Phi) is 3.67. The number of benzene rings is 1. The van der Waals surface area contributed by atoms with E-state index in [-0.39, 0.29) is 18.1 Å². The minimum Gasteiger partial charge on any atom is -0.487 e. The van der Waals surface area contributed by atoms with Crippen LogP contribution in [0.2, 0.25) is 5.02 Å². The summed E-state index contributed by atoms with van der Waals surface area (Å²) in [4.78, 5) is 28.3. The lowest BCUT2D eigenvalue weighted by Gasteiger charge is -2.36. The van der Waals surface area contributed by atoms with E-state index >= 15 is 0 Å². The van der Waals surface area contributed by atoms with Crippen LogP contribution in [0.4, 0.5) is 5.82 Å². The molecule has 9 heteroatoms. The topological polar surface area (TPSA) is 98.6 Å². The number of hydrogen-bond donors (Lipinski definition) is 1. The molecular weight excluding hydrogens is 404 g/mol. The molecule has 2 atom stereocenters. The van der Waals surface area contributed by atoms with Crippen LogP contribution in [0.5, 0.6) is 5.75 Å². The number of aromatic nitrogens is 4. The molecular formula is C21H17ClN6O2. The number of fused-ring (bicyclic) bond motifs is 6. The van der Waals surface area contributed by atoms with Crippen molar-refractivity contribution in [2.24, 2.45) is 0 Å². The monoisotopic (exact) mass is 420 g/mol. The zero-order valence-electron chi connectivity index (χ0n) is 15.8. The van der Waals surface area contributed by atoms with E-state index in [1.807, 2.05) is 27.5 Å². The van der Waals surface area contributed by atoms with Gasteiger partial charge in [-0.15, -0.1) is 0 Å². The number of hydrogen-bond acceptors (Lipinski definition) is 6. The molecule has 1 amide bonds. The number of nitrogens with two attached hydrogens (primary N) is 1. The van der Waals surface area contributed by atoms with Crippen LogP contribution in [0.25, 0.3) is 16.6 Å². The zero-order chi connectivity index (χ0) is 20.4. The second-order valence-electron chi connectivity index (χ2n) is 7.63. The second-order valence-corrected chi connectivity index (χ2v) is 8.06. The number of likely N-dealkylation sites (tertiary alicyclic amines) is 1. The molecule has 1 saturated heterocycles. The fourth-order valence-corrected chi connectivity index (χ4v) is 4.70. The third-order valence-corrected chi connectivity index (χ3v) is 6.13. The van der Waals surface area contributed by atoms with Gasteiger partial charge in [0.1, 0.15) is 34.4 Å². The number of ether oxygens (including phenoxy) is 1. The number of pyridine rings is 1. The summed E-state index contributed by atoms with van der Waals surface area (Å²) in [5.74, 6) is 0.990. The Morgan fingerprint density at radius 3 is 3.03 bits per heavy atom. The molecule has 0 spiro atoms. The number of nitrogen functional groups attached to an aromatic ring is 1. The molecule has 0 bridgehead atoms. The summed E-state index contributed by atoms with van der Waals surface area (Å²) >= 11 is 6.13. The maximum Gasteiger partial charge on any atom is 0.273 e. The number of imidazole rings is 1. The van der Waals surface area contributed by atoms with E-state index in [0.29, 0.717) is 34.1 Å². The minimum atomic E-state index is -0.145. The lowest BCUT2D eigenvalue weighted by atomic mass is 9.94. The van der Waals surface area contributed by atoms with Crippen molar-refractivity contribution in [1.29, 1.82) is 0 Å². The van der Waals surface area contributed by atoms with Gasteiger partial charge in [0.05, 0.1) is 30.3 Å². The molecule has 2 aliphatic rings. The van der Waals surface area contributed by atoms with Gasteiger partial charge in [0.15, 0.2) is 0 Å². The van der Waals surface area contributed by atoms with Crippen molar-refractivity contribution < 1.29 is 9.53 Å². The van der Waals surface area contributed by atoms with E-state index in [2.05, 4.69) is 15.0 Å². The number of amides is 1. The van der Waals surface area contributed by atoms with E-state index in [9.17, 15) is 4.79 Å². The van der Waals surface area contributed by atoms with Gasteiger partial charge in [-0.25, -0.2) is 15.0 Å². The highest BCUT2D eigenvalue weighted by Gasteiger charge is 2.43. The van der Waals surface area contributed by atoms with Crippen LogP contribution in [0.1, 0.15) is 34.9 Å². The molecule has 1 fully saturated rings. The standard InChI is InChI=1S/C21H17ClN6O2/c22-11-3-4-12-18(6-11)30-17-2-1-5-27(19(12)17)21(29)13-7-15-14(8-25-13)26-20(23)16-9-24-10-28(15)16/h3-4,6-10,17,19H,1-2,5H2,(H2,23,26)/t17-,19-/m0/s1. The first-order valence-electron chi connectivity index (χ1n) is 9.74. The predicted molar refractivity (Wildman–Crippen MR) is 112 cm³/mol. The third-order valence-electron chi connectivity index (χ3n) is 5.89. The second kappa shape index (κ2) is 6.30. The van der Waals surface area contributed by atoms with Crippen LogP contribution < -0.4 is 10.5 Å². The highest BCUT2D eigenvalue weighted by molar-refractivity contribution is 6.30. The van der Waals surface area contributed by atoms with Crippen molar-refractivity contribution in [3.05, 3.63) is 59.3 Å². The van der Waals surface area contributed by atoms with Crippen molar-refractivity contribution in [3.8, 4) is 5.75 Å². The van der Waals surface area contributed by atoms with E-state index in [0.717, 1.165) is 29.7 Å². The molecule has 3 aromatic heterocycles. The predicted octanol–water partition coefficient (Wildman–Crippen LogP) is 3.25. The molecule has 1 aromatic carbocycles. The van der Waals surface area contributed by atoms with Gasteiger partial charge in [0.25, 0.3) is 5.91 Å².